The summed E-state index contributed by atoms with van der Waals surface area (Å²) in [5.74, 6) is -0.591. The van der Waals surface area contributed by atoms with E-state index in [-0.39, 0.29) is 12.1 Å². The number of carbonyl (C=O) groups excluding carboxylic acids is 1. The maximum atomic E-state index is 12.6. The molecule has 0 aliphatic carbocycles. The lowest BCUT2D eigenvalue weighted by molar-refractivity contribution is 0.0953. The van der Waals surface area contributed by atoms with E-state index in [9.17, 15) is 9.59 Å². The van der Waals surface area contributed by atoms with Crippen molar-refractivity contribution >= 4 is 35.3 Å². The molecule has 136 valence electrons. The van der Waals surface area contributed by atoms with Crippen LogP contribution in [0.3, 0.4) is 0 Å². The molecule has 0 radical (unpaired) electrons. The van der Waals surface area contributed by atoms with E-state index in [0.29, 0.717) is 10.0 Å². The molecule has 0 fully saturated rings. The molecule has 3 aromatic rings. The summed E-state index contributed by atoms with van der Waals surface area (Å²) in [6.07, 6.45) is 3.06. The molecule has 0 unspecified atom stereocenters. The molecule has 5 nitrogen and oxygen atoms in total. The summed E-state index contributed by atoms with van der Waals surface area (Å²) in [4.78, 5) is 24.9. The van der Waals surface area contributed by atoms with Crippen LogP contribution in [0, 0.1) is 0 Å². The maximum absolute atomic E-state index is 12.6. The molecule has 2 aromatic carbocycles. The molecule has 27 heavy (non-hydrogen) atoms. The Bertz CT molecular complexity index is 1060. The van der Waals surface area contributed by atoms with Gasteiger partial charge >= 0.3 is 0 Å². The van der Waals surface area contributed by atoms with Gasteiger partial charge in [0.1, 0.15) is 5.56 Å². The maximum Gasteiger partial charge on any atom is 0.276 e. The van der Waals surface area contributed by atoms with Gasteiger partial charge in [0.2, 0.25) is 0 Å². The van der Waals surface area contributed by atoms with Crippen LogP contribution in [0.15, 0.2) is 76.8 Å². The summed E-state index contributed by atoms with van der Waals surface area (Å²) >= 11 is 12.0. The Morgan fingerprint density at radius 2 is 1.89 bits per heavy atom. The SMILES string of the molecule is O=C(N/N=C\c1cccc(Cl)c1)c1cccn(Cc2ccccc2Cl)c1=O. The van der Waals surface area contributed by atoms with E-state index in [1.54, 1.807) is 42.6 Å². The summed E-state index contributed by atoms with van der Waals surface area (Å²) in [6.45, 7) is 0.269. The molecule has 0 aliphatic heterocycles. The zero-order valence-corrected chi connectivity index (χ0v) is 15.6. The highest BCUT2D eigenvalue weighted by Gasteiger charge is 2.12. The van der Waals surface area contributed by atoms with Gasteiger partial charge in [-0.2, -0.15) is 5.10 Å². The Kier molecular flexibility index (Phi) is 6.06. The predicted octanol–water partition coefficient (Wildman–Crippen LogP) is 3.97. The fourth-order valence-corrected chi connectivity index (χ4v) is 2.85. The number of halogens is 2. The van der Waals surface area contributed by atoms with Gasteiger partial charge in [-0.15, -0.1) is 0 Å². The van der Waals surface area contributed by atoms with Gasteiger partial charge in [-0.25, -0.2) is 5.43 Å². The van der Waals surface area contributed by atoms with Gasteiger partial charge in [-0.3, -0.25) is 9.59 Å². The molecule has 7 heteroatoms. The fourth-order valence-electron chi connectivity index (χ4n) is 2.46. The highest BCUT2D eigenvalue weighted by Crippen LogP contribution is 2.15. The van der Waals surface area contributed by atoms with Gasteiger partial charge in [0.05, 0.1) is 12.8 Å². The minimum absolute atomic E-state index is 0.00667. The molecule has 1 aromatic heterocycles. The van der Waals surface area contributed by atoms with Crippen LogP contribution in [0.4, 0.5) is 0 Å². The third-order valence-corrected chi connectivity index (χ3v) is 4.40. The van der Waals surface area contributed by atoms with Crippen molar-refractivity contribution in [3.05, 3.63) is 104 Å². The van der Waals surface area contributed by atoms with E-state index in [1.807, 2.05) is 18.2 Å². The number of hydrazone groups is 1. The zero-order valence-electron chi connectivity index (χ0n) is 14.1. The van der Waals surface area contributed by atoms with Gasteiger partial charge < -0.3 is 4.57 Å². The van der Waals surface area contributed by atoms with Gasteiger partial charge in [-0.1, -0.05) is 53.5 Å². The molecule has 0 saturated heterocycles. The number of aromatic nitrogens is 1. The first kappa shape index (κ1) is 18.9. The highest BCUT2D eigenvalue weighted by molar-refractivity contribution is 6.31. The number of hydrogen-bond acceptors (Lipinski definition) is 3. The van der Waals surface area contributed by atoms with Crippen molar-refractivity contribution in [2.24, 2.45) is 5.10 Å². The first-order chi connectivity index (χ1) is 13.0. The molecule has 0 saturated carbocycles. The zero-order chi connectivity index (χ0) is 19.2. The van der Waals surface area contributed by atoms with E-state index in [4.69, 9.17) is 23.2 Å². The fraction of sp³-hybridized carbons (Fsp3) is 0.0500. The lowest BCUT2D eigenvalue weighted by Gasteiger charge is -2.09. The van der Waals surface area contributed by atoms with Crippen molar-refractivity contribution in [1.82, 2.24) is 9.99 Å². The number of amides is 1. The predicted molar refractivity (Wildman–Crippen MR) is 108 cm³/mol. The average Bonchev–Trinajstić information content (AvgIpc) is 2.65. The molecule has 0 spiro atoms. The topological polar surface area (TPSA) is 63.5 Å². The molecule has 1 amide bonds. The van der Waals surface area contributed by atoms with E-state index >= 15 is 0 Å². The number of pyridine rings is 1. The molecule has 0 atom stereocenters. The standard InChI is InChI=1S/C20H15Cl2N3O2/c21-16-7-3-5-14(11-16)12-23-24-19(26)17-8-4-10-25(20(17)27)13-15-6-1-2-9-18(15)22/h1-12H,13H2,(H,24,26)/b23-12-. The molecular formula is C20H15Cl2N3O2. The van der Waals surface area contributed by atoms with Crippen LogP contribution in [0.5, 0.6) is 0 Å². The second-order valence-corrected chi connectivity index (χ2v) is 6.54. The Hall–Kier alpha value is -2.89. The summed E-state index contributed by atoms with van der Waals surface area (Å²) in [7, 11) is 0. The van der Waals surface area contributed by atoms with E-state index in [2.05, 4.69) is 10.5 Å². The van der Waals surface area contributed by atoms with Gasteiger partial charge in [0.15, 0.2) is 0 Å². The number of rotatable bonds is 5. The summed E-state index contributed by atoms with van der Waals surface area (Å²) < 4.78 is 1.43. The normalized spacial score (nSPS) is 10.9. The molecule has 3 rings (SSSR count). The summed E-state index contributed by atoms with van der Waals surface area (Å²) in [6, 6.07) is 17.3. The molecule has 0 bridgehead atoms. The third-order valence-electron chi connectivity index (χ3n) is 3.79. The van der Waals surface area contributed by atoms with Crippen molar-refractivity contribution in [3.8, 4) is 0 Å². The molecule has 1 N–H and O–H groups in total. The van der Waals surface area contributed by atoms with Crippen LogP contribution in [0.25, 0.3) is 0 Å². The first-order valence-corrected chi connectivity index (χ1v) is 8.82. The number of nitrogens with one attached hydrogen (secondary N) is 1. The molecule has 1 heterocycles. The van der Waals surface area contributed by atoms with Crippen molar-refractivity contribution in [2.45, 2.75) is 6.54 Å². The number of carbonyl (C=O) groups is 1. The number of hydrogen-bond donors (Lipinski definition) is 1. The van der Waals surface area contributed by atoms with Crippen molar-refractivity contribution in [1.29, 1.82) is 0 Å². The van der Waals surface area contributed by atoms with Crippen molar-refractivity contribution in [3.63, 3.8) is 0 Å². The van der Waals surface area contributed by atoms with Crippen LogP contribution < -0.4 is 11.0 Å². The summed E-state index contributed by atoms with van der Waals surface area (Å²) in [5.41, 5.74) is 3.45. The number of nitrogens with zero attached hydrogens (tertiary/aromatic N) is 2. The van der Waals surface area contributed by atoms with Gasteiger partial charge in [-0.05, 0) is 41.5 Å². The van der Waals surface area contributed by atoms with Gasteiger partial charge in [0.25, 0.3) is 11.5 Å². The van der Waals surface area contributed by atoms with Crippen molar-refractivity contribution in [2.75, 3.05) is 0 Å². The van der Waals surface area contributed by atoms with Crippen LogP contribution in [0.2, 0.25) is 10.0 Å². The first-order valence-electron chi connectivity index (χ1n) is 8.06. The minimum atomic E-state index is -0.591. The van der Waals surface area contributed by atoms with Gasteiger partial charge in [0, 0.05) is 16.2 Å². The minimum Gasteiger partial charge on any atom is -0.310 e. The Morgan fingerprint density at radius 3 is 2.67 bits per heavy atom. The lowest BCUT2D eigenvalue weighted by Crippen LogP contribution is -2.30. The Labute approximate surface area is 165 Å². The average molecular weight is 400 g/mol. The third kappa shape index (κ3) is 4.84. The Balaban J connectivity index is 1.76. The smallest absolute Gasteiger partial charge is 0.276 e. The Morgan fingerprint density at radius 1 is 1.07 bits per heavy atom. The number of benzene rings is 2. The second-order valence-electron chi connectivity index (χ2n) is 5.70. The van der Waals surface area contributed by atoms with E-state index < -0.39 is 11.5 Å². The van der Waals surface area contributed by atoms with Crippen LogP contribution in [0.1, 0.15) is 21.5 Å². The van der Waals surface area contributed by atoms with Crippen LogP contribution in [-0.4, -0.2) is 16.7 Å². The summed E-state index contributed by atoms with van der Waals surface area (Å²) in [5, 5.41) is 5.00. The molecular weight excluding hydrogens is 385 g/mol. The highest BCUT2D eigenvalue weighted by atomic mass is 35.5. The lowest BCUT2D eigenvalue weighted by atomic mass is 10.2. The molecule has 0 aliphatic rings. The quantitative estimate of drug-likeness (QED) is 0.521. The van der Waals surface area contributed by atoms with E-state index in [0.717, 1.165) is 11.1 Å². The van der Waals surface area contributed by atoms with Crippen LogP contribution >= 0.6 is 23.2 Å². The monoisotopic (exact) mass is 399 g/mol. The van der Waals surface area contributed by atoms with Crippen LogP contribution in [-0.2, 0) is 6.54 Å². The van der Waals surface area contributed by atoms with E-state index in [1.165, 1.54) is 16.8 Å². The van der Waals surface area contributed by atoms with Crippen molar-refractivity contribution < 1.29 is 4.79 Å². The largest absolute Gasteiger partial charge is 0.310 e. The second kappa shape index (κ2) is 8.66.